The molecule has 1 fully saturated rings. The lowest BCUT2D eigenvalue weighted by molar-refractivity contribution is 0.0917. The summed E-state index contributed by atoms with van der Waals surface area (Å²) in [6, 6.07) is 0.276. The van der Waals surface area contributed by atoms with Crippen LogP contribution in [0.1, 0.15) is 42.7 Å². The van der Waals surface area contributed by atoms with Crippen molar-refractivity contribution in [2.45, 2.75) is 38.1 Å². The van der Waals surface area contributed by atoms with Crippen LogP contribution >= 0.6 is 0 Å². The number of hydrogen-bond acceptors (Lipinski definition) is 4. The van der Waals surface area contributed by atoms with Crippen LogP contribution < -0.4 is 11.1 Å². The van der Waals surface area contributed by atoms with Crippen molar-refractivity contribution >= 4 is 11.9 Å². The molecule has 0 bridgehead atoms. The minimum absolute atomic E-state index is 0.101. The summed E-state index contributed by atoms with van der Waals surface area (Å²) in [6.07, 6.45) is 5.74. The van der Waals surface area contributed by atoms with Crippen LogP contribution in [0.15, 0.2) is 0 Å². The molecule has 0 radical (unpaired) electrons. The van der Waals surface area contributed by atoms with E-state index in [2.05, 4.69) is 20.5 Å². The fraction of sp³-hybridized carbons (Fsp3) is 0.667. The van der Waals surface area contributed by atoms with Gasteiger partial charge in [0.15, 0.2) is 0 Å². The molecule has 1 aliphatic carbocycles. The number of rotatable bonds is 2. The maximum atomic E-state index is 11.6. The van der Waals surface area contributed by atoms with Crippen molar-refractivity contribution in [1.29, 1.82) is 0 Å². The summed E-state index contributed by atoms with van der Waals surface area (Å²) < 4.78 is 0. The Hall–Kier alpha value is -1.59. The van der Waals surface area contributed by atoms with E-state index in [0.29, 0.717) is 0 Å². The van der Waals surface area contributed by atoms with Gasteiger partial charge in [-0.3, -0.25) is 9.89 Å². The van der Waals surface area contributed by atoms with E-state index < -0.39 is 0 Å². The van der Waals surface area contributed by atoms with Crippen molar-refractivity contribution in [2.75, 3.05) is 5.73 Å². The van der Waals surface area contributed by atoms with Crippen molar-refractivity contribution in [3.8, 4) is 0 Å². The minimum Gasteiger partial charge on any atom is -0.366 e. The van der Waals surface area contributed by atoms with E-state index in [0.717, 1.165) is 12.8 Å². The molecule has 0 unspecified atom stereocenters. The first-order valence-electron chi connectivity index (χ1n) is 5.24. The number of H-pyrrole nitrogens is 1. The molecule has 6 nitrogen and oxygen atoms in total. The van der Waals surface area contributed by atoms with Gasteiger partial charge in [-0.05, 0) is 12.8 Å². The molecule has 0 atom stereocenters. The van der Waals surface area contributed by atoms with E-state index in [4.69, 9.17) is 5.73 Å². The molecule has 1 saturated carbocycles. The minimum atomic E-state index is -0.217. The molecular weight excluding hydrogens is 194 g/mol. The highest BCUT2D eigenvalue weighted by Crippen LogP contribution is 2.17. The van der Waals surface area contributed by atoms with Crippen LogP contribution in [0.3, 0.4) is 0 Å². The van der Waals surface area contributed by atoms with E-state index in [9.17, 15) is 4.79 Å². The molecule has 1 amide bonds. The van der Waals surface area contributed by atoms with E-state index in [-0.39, 0.29) is 23.7 Å². The molecular formula is C9H15N5O. The molecule has 2 rings (SSSR count). The van der Waals surface area contributed by atoms with Gasteiger partial charge in [0.05, 0.1) is 0 Å². The normalized spacial score (nSPS) is 17.6. The number of amides is 1. The maximum absolute atomic E-state index is 11.6. The average Bonchev–Trinajstić information content (AvgIpc) is 2.66. The zero-order chi connectivity index (χ0) is 10.7. The Morgan fingerprint density at radius 3 is 2.73 bits per heavy atom. The molecule has 1 aliphatic rings. The molecule has 1 heterocycles. The van der Waals surface area contributed by atoms with Crippen LogP contribution in [0.2, 0.25) is 0 Å². The first-order chi connectivity index (χ1) is 7.25. The number of nitrogens with zero attached hydrogens (tertiary/aromatic N) is 2. The van der Waals surface area contributed by atoms with Gasteiger partial charge in [0, 0.05) is 6.04 Å². The molecule has 0 aromatic carbocycles. The first-order valence-corrected chi connectivity index (χ1v) is 5.24. The van der Waals surface area contributed by atoms with Crippen LogP contribution in [0.5, 0.6) is 0 Å². The Labute approximate surface area is 87.6 Å². The second kappa shape index (κ2) is 4.29. The summed E-state index contributed by atoms with van der Waals surface area (Å²) in [6.45, 7) is 0. The highest BCUT2D eigenvalue weighted by atomic mass is 16.2. The zero-order valence-corrected chi connectivity index (χ0v) is 8.49. The van der Waals surface area contributed by atoms with Crippen molar-refractivity contribution in [3.63, 3.8) is 0 Å². The highest BCUT2D eigenvalue weighted by Gasteiger charge is 2.18. The molecule has 82 valence electrons. The molecule has 4 N–H and O–H groups in total. The van der Waals surface area contributed by atoms with Gasteiger partial charge in [0.25, 0.3) is 5.91 Å². The van der Waals surface area contributed by atoms with Gasteiger partial charge >= 0.3 is 0 Å². The lowest BCUT2D eigenvalue weighted by Gasteiger charge is -2.21. The Morgan fingerprint density at radius 1 is 1.40 bits per heavy atom. The fourth-order valence-corrected chi connectivity index (χ4v) is 1.88. The van der Waals surface area contributed by atoms with Crippen molar-refractivity contribution in [3.05, 3.63) is 5.82 Å². The molecule has 0 aliphatic heterocycles. The Bertz CT molecular complexity index is 342. The summed E-state index contributed by atoms with van der Waals surface area (Å²) in [5.74, 6) is 0.0768. The summed E-state index contributed by atoms with van der Waals surface area (Å²) in [5, 5.41) is 9.03. The van der Waals surface area contributed by atoms with Crippen molar-refractivity contribution in [1.82, 2.24) is 20.5 Å². The lowest BCUT2D eigenvalue weighted by atomic mass is 9.95. The highest BCUT2D eigenvalue weighted by molar-refractivity contribution is 5.90. The third-order valence-electron chi connectivity index (χ3n) is 2.66. The molecule has 1 aromatic heterocycles. The second-order valence-corrected chi connectivity index (χ2v) is 3.85. The SMILES string of the molecule is Nc1n[nH]c(C(=O)NC2CCCCC2)n1. The number of nitrogens with two attached hydrogens (primary N) is 1. The Kier molecular flexibility index (Phi) is 2.84. The summed E-state index contributed by atoms with van der Waals surface area (Å²) in [7, 11) is 0. The molecule has 1 aromatic rings. The zero-order valence-electron chi connectivity index (χ0n) is 8.49. The van der Waals surface area contributed by atoms with Gasteiger partial charge in [-0.15, -0.1) is 5.10 Å². The number of aromatic amines is 1. The predicted molar refractivity (Wildman–Crippen MR) is 55.1 cm³/mol. The van der Waals surface area contributed by atoms with Gasteiger partial charge in [0.1, 0.15) is 0 Å². The van der Waals surface area contributed by atoms with Gasteiger partial charge in [-0.2, -0.15) is 4.98 Å². The monoisotopic (exact) mass is 209 g/mol. The smallest absolute Gasteiger partial charge is 0.288 e. The van der Waals surface area contributed by atoms with Crippen LogP contribution in [-0.2, 0) is 0 Å². The van der Waals surface area contributed by atoms with E-state index in [1.807, 2.05) is 0 Å². The number of nitrogen functional groups attached to an aromatic ring is 1. The topological polar surface area (TPSA) is 96.7 Å². The second-order valence-electron chi connectivity index (χ2n) is 3.85. The van der Waals surface area contributed by atoms with Crippen molar-refractivity contribution in [2.24, 2.45) is 0 Å². The molecule has 0 saturated heterocycles. The number of nitrogens with one attached hydrogen (secondary N) is 2. The quantitative estimate of drug-likeness (QED) is 0.658. The Balaban J connectivity index is 1.91. The predicted octanol–water partition coefficient (Wildman–Crippen LogP) is 0.449. The average molecular weight is 209 g/mol. The van der Waals surface area contributed by atoms with Crippen LogP contribution in [0, 0.1) is 0 Å². The maximum Gasteiger partial charge on any atom is 0.288 e. The standard InChI is InChI=1S/C9H15N5O/c10-9-12-7(13-14-9)8(15)11-6-4-2-1-3-5-6/h6H,1-5H2,(H,11,15)(H3,10,12,13,14). The van der Waals surface area contributed by atoms with E-state index in [1.54, 1.807) is 0 Å². The lowest BCUT2D eigenvalue weighted by Crippen LogP contribution is -2.36. The largest absolute Gasteiger partial charge is 0.366 e. The van der Waals surface area contributed by atoms with Crippen molar-refractivity contribution < 1.29 is 4.79 Å². The van der Waals surface area contributed by atoms with Gasteiger partial charge in [-0.25, -0.2) is 0 Å². The molecule has 15 heavy (non-hydrogen) atoms. The van der Waals surface area contributed by atoms with Gasteiger partial charge < -0.3 is 11.1 Å². The fourth-order valence-electron chi connectivity index (χ4n) is 1.88. The number of aromatic nitrogens is 3. The van der Waals surface area contributed by atoms with Crippen LogP contribution in [0.4, 0.5) is 5.95 Å². The Morgan fingerprint density at radius 2 is 2.13 bits per heavy atom. The molecule has 6 heteroatoms. The summed E-state index contributed by atoms with van der Waals surface area (Å²) in [4.78, 5) is 15.4. The third kappa shape index (κ3) is 2.45. The van der Waals surface area contributed by atoms with E-state index in [1.165, 1.54) is 19.3 Å². The number of anilines is 1. The first kappa shape index (κ1) is 9.95. The number of carbonyl (C=O) groups excluding carboxylic acids is 1. The van der Waals surface area contributed by atoms with Gasteiger partial charge in [0.2, 0.25) is 11.8 Å². The third-order valence-corrected chi connectivity index (χ3v) is 2.66. The number of hydrogen-bond donors (Lipinski definition) is 3. The summed E-state index contributed by atoms with van der Waals surface area (Å²) >= 11 is 0. The van der Waals surface area contributed by atoms with Gasteiger partial charge in [-0.1, -0.05) is 19.3 Å². The number of carbonyl (C=O) groups is 1. The van der Waals surface area contributed by atoms with Crippen LogP contribution in [-0.4, -0.2) is 27.1 Å². The van der Waals surface area contributed by atoms with Crippen LogP contribution in [0.25, 0.3) is 0 Å². The van der Waals surface area contributed by atoms with E-state index >= 15 is 0 Å². The summed E-state index contributed by atoms with van der Waals surface area (Å²) in [5.41, 5.74) is 5.32. The molecule has 0 spiro atoms.